The second kappa shape index (κ2) is 9.39. The van der Waals surface area contributed by atoms with Gasteiger partial charge in [0.1, 0.15) is 5.00 Å². The van der Waals surface area contributed by atoms with Crippen LogP contribution in [0.1, 0.15) is 33.3 Å². The second-order valence-electron chi connectivity index (χ2n) is 5.85. The van der Waals surface area contributed by atoms with Gasteiger partial charge in [-0.1, -0.05) is 30.3 Å². The summed E-state index contributed by atoms with van der Waals surface area (Å²) >= 11 is 8.94. The Morgan fingerprint density at radius 3 is 2.88 bits per heavy atom. The van der Waals surface area contributed by atoms with Crippen molar-refractivity contribution in [3.63, 3.8) is 0 Å². The lowest BCUT2D eigenvalue weighted by Crippen LogP contribution is -2.30. The van der Waals surface area contributed by atoms with Crippen molar-refractivity contribution in [3.8, 4) is 0 Å². The number of fused-ring (bicyclic) bond motifs is 1. The van der Waals surface area contributed by atoms with E-state index in [2.05, 4.69) is 22.8 Å². The van der Waals surface area contributed by atoms with E-state index in [0.29, 0.717) is 17.3 Å². The molecular weight excluding hydrogens is 384 g/mol. The van der Waals surface area contributed by atoms with Gasteiger partial charge in [-0.2, -0.15) is 11.8 Å². The molecule has 0 aliphatic carbocycles. The molecule has 26 heavy (non-hydrogen) atoms. The SMILES string of the molecule is CCOC(=O)c1c(NC(=S)NCCc2ccccc2)sc2c1CCSC2. The summed E-state index contributed by atoms with van der Waals surface area (Å²) in [4.78, 5) is 13.7. The molecule has 0 spiro atoms. The van der Waals surface area contributed by atoms with E-state index in [0.717, 1.165) is 41.5 Å². The average Bonchev–Trinajstić information content (AvgIpc) is 3.00. The van der Waals surface area contributed by atoms with Crippen molar-refractivity contribution >= 4 is 51.4 Å². The molecule has 138 valence electrons. The fourth-order valence-corrected chi connectivity index (χ4v) is 5.49. The summed E-state index contributed by atoms with van der Waals surface area (Å²) in [7, 11) is 0. The molecule has 1 aliphatic rings. The first-order valence-electron chi connectivity index (χ1n) is 8.67. The van der Waals surface area contributed by atoms with E-state index in [-0.39, 0.29) is 5.97 Å². The lowest BCUT2D eigenvalue weighted by molar-refractivity contribution is 0.0527. The first-order chi connectivity index (χ1) is 12.7. The van der Waals surface area contributed by atoms with Crippen LogP contribution in [-0.4, -0.2) is 30.0 Å². The summed E-state index contributed by atoms with van der Waals surface area (Å²) in [6.45, 7) is 2.94. The number of thiocarbonyl (C=S) groups is 1. The zero-order valence-corrected chi connectivity index (χ0v) is 17.1. The predicted molar refractivity (Wildman–Crippen MR) is 115 cm³/mol. The van der Waals surface area contributed by atoms with Crippen molar-refractivity contribution in [1.82, 2.24) is 5.32 Å². The molecule has 0 unspecified atom stereocenters. The number of nitrogens with one attached hydrogen (secondary N) is 2. The van der Waals surface area contributed by atoms with Crippen molar-refractivity contribution in [2.45, 2.75) is 25.5 Å². The monoisotopic (exact) mass is 406 g/mol. The molecule has 2 heterocycles. The number of carbonyl (C=O) groups excluding carboxylic acids is 1. The maximum atomic E-state index is 12.5. The zero-order valence-electron chi connectivity index (χ0n) is 14.7. The Morgan fingerprint density at radius 2 is 2.12 bits per heavy atom. The molecule has 1 aromatic carbocycles. The van der Waals surface area contributed by atoms with Gasteiger partial charge in [-0.3, -0.25) is 0 Å². The number of anilines is 1. The van der Waals surface area contributed by atoms with E-state index in [9.17, 15) is 4.79 Å². The summed E-state index contributed by atoms with van der Waals surface area (Å²) in [5.41, 5.74) is 3.06. The van der Waals surface area contributed by atoms with Crippen LogP contribution in [0.4, 0.5) is 5.00 Å². The number of ether oxygens (including phenoxy) is 1. The highest BCUT2D eigenvalue weighted by Crippen LogP contribution is 2.39. The number of carbonyl (C=O) groups is 1. The number of hydrogen-bond donors (Lipinski definition) is 2. The molecule has 0 fully saturated rings. The Bertz CT molecular complexity index is 775. The van der Waals surface area contributed by atoms with E-state index in [1.807, 2.05) is 36.9 Å². The minimum absolute atomic E-state index is 0.258. The van der Waals surface area contributed by atoms with Crippen molar-refractivity contribution in [1.29, 1.82) is 0 Å². The Hall–Kier alpha value is -1.57. The first kappa shape index (κ1) is 19.2. The standard InChI is InChI=1S/C19H22N2O2S3/c1-2-23-18(22)16-14-9-11-25-12-15(14)26-17(16)21-19(24)20-10-8-13-6-4-3-5-7-13/h3-7H,2,8-12H2,1H3,(H2,20,21,24). The Labute approximate surface area is 167 Å². The third-order valence-electron chi connectivity index (χ3n) is 4.07. The highest BCUT2D eigenvalue weighted by molar-refractivity contribution is 7.98. The van der Waals surface area contributed by atoms with Crippen LogP contribution in [0.5, 0.6) is 0 Å². The van der Waals surface area contributed by atoms with Crippen LogP contribution >= 0.6 is 35.3 Å². The van der Waals surface area contributed by atoms with Crippen LogP contribution in [0.3, 0.4) is 0 Å². The zero-order chi connectivity index (χ0) is 18.4. The average molecular weight is 407 g/mol. The molecule has 0 saturated carbocycles. The number of hydrogen-bond acceptors (Lipinski definition) is 5. The normalized spacial score (nSPS) is 13.0. The van der Waals surface area contributed by atoms with Crippen molar-refractivity contribution in [2.24, 2.45) is 0 Å². The molecule has 0 atom stereocenters. The van der Waals surface area contributed by atoms with E-state index in [4.69, 9.17) is 17.0 Å². The van der Waals surface area contributed by atoms with Gasteiger partial charge in [-0.25, -0.2) is 4.79 Å². The van der Waals surface area contributed by atoms with Crippen LogP contribution in [0.15, 0.2) is 30.3 Å². The van der Waals surface area contributed by atoms with Gasteiger partial charge < -0.3 is 15.4 Å². The molecule has 0 radical (unpaired) electrons. The molecule has 1 aromatic heterocycles. The van der Waals surface area contributed by atoms with Crippen LogP contribution in [0.25, 0.3) is 0 Å². The van der Waals surface area contributed by atoms with Gasteiger partial charge in [0.2, 0.25) is 0 Å². The van der Waals surface area contributed by atoms with E-state index in [1.54, 1.807) is 11.3 Å². The van der Waals surface area contributed by atoms with Crippen LogP contribution in [0.2, 0.25) is 0 Å². The van der Waals surface area contributed by atoms with Gasteiger partial charge >= 0.3 is 5.97 Å². The third-order valence-corrected chi connectivity index (χ3v) is 6.63. The van der Waals surface area contributed by atoms with Gasteiger partial charge in [0.15, 0.2) is 5.11 Å². The number of thioether (sulfide) groups is 1. The molecule has 7 heteroatoms. The van der Waals surface area contributed by atoms with Crippen molar-refractivity contribution in [2.75, 3.05) is 24.2 Å². The molecule has 1 aliphatic heterocycles. The minimum atomic E-state index is -0.258. The molecule has 0 amide bonds. The molecule has 3 rings (SSSR count). The Balaban J connectivity index is 1.65. The maximum absolute atomic E-state index is 12.5. The summed E-state index contributed by atoms with van der Waals surface area (Å²) in [6.07, 6.45) is 1.80. The Kier molecular flexibility index (Phi) is 6.93. The second-order valence-corrected chi connectivity index (χ2v) is 8.47. The van der Waals surface area contributed by atoms with Gasteiger partial charge in [0, 0.05) is 17.2 Å². The largest absolute Gasteiger partial charge is 0.462 e. The van der Waals surface area contributed by atoms with Crippen LogP contribution < -0.4 is 10.6 Å². The number of benzene rings is 1. The Morgan fingerprint density at radius 1 is 1.31 bits per heavy atom. The predicted octanol–water partition coefficient (Wildman–Crippen LogP) is 4.24. The quantitative estimate of drug-likeness (QED) is 0.553. The summed E-state index contributed by atoms with van der Waals surface area (Å²) in [6, 6.07) is 10.3. The smallest absolute Gasteiger partial charge is 0.341 e. The molecule has 0 saturated heterocycles. The van der Waals surface area contributed by atoms with Crippen LogP contribution in [0, 0.1) is 0 Å². The lowest BCUT2D eigenvalue weighted by Gasteiger charge is -2.13. The van der Waals surface area contributed by atoms with E-state index < -0.39 is 0 Å². The van der Waals surface area contributed by atoms with Crippen molar-refractivity contribution < 1.29 is 9.53 Å². The molecule has 0 bridgehead atoms. The number of thiophene rings is 1. The van der Waals surface area contributed by atoms with Crippen LogP contribution in [-0.2, 0) is 23.3 Å². The maximum Gasteiger partial charge on any atom is 0.341 e. The lowest BCUT2D eigenvalue weighted by atomic mass is 10.1. The number of rotatable bonds is 6. The molecule has 4 nitrogen and oxygen atoms in total. The minimum Gasteiger partial charge on any atom is -0.462 e. The van der Waals surface area contributed by atoms with E-state index >= 15 is 0 Å². The fourth-order valence-electron chi connectivity index (χ4n) is 2.85. The van der Waals surface area contributed by atoms with Gasteiger partial charge in [-0.05, 0) is 48.9 Å². The third kappa shape index (κ3) is 4.78. The van der Waals surface area contributed by atoms with E-state index in [1.165, 1.54) is 10.4 Å². The van der Waals surface area contributed by atoms with Gasteiger partial charge in [-0.15, -0.1) is 11.3 Å². The summed E-state index contributed by atoms with van der Waals surface area (Å²) in [5, 5.41) is 7.79. The van der Waals surface area contributed by atoms with Crippen molar-refractivity contribution in [3.05, 3.63) is 51.9 Å². The fraction of sp³-hybridized carbons (Fsp3) is 0.368. The molecule has 2 N–H and O–H groups in total. The summed E-state index contributed by atoms with van der Waals surface area (Å²) in [5.74, 6) is 1.73. The van der Waals surface area contributed by atoms with Gasteiger partial charge in [0.25, 0.3) is 0 Å². The first-order valence-corrected chi connectivity index (χ1v) is 11.0. The molecule has 2 aromatic rings. The topological polar surface area (TPSA) is 50.4 Å². The molecular formula is C19H22N2O2S3. The highest BCUT2D eigenvalue weighted by atomic mass is 32.2. The summed E-state index contributed by atoms with van der Waals surface area (Å²) < 4.78 is 5.27. The number of esters is 1. The highest BCUT2D eigenvalue weighted by Gasteiger charge is 2.26. The van der Waals surface area contributed by atoms with Gasteiger partial charge in [0.05, 0.1) is 12.2 Å².